The molecule has 18 heavy (non-hydrogen) atoms. The molecule has 0 radical (unpaired) electrons. The molecule has 6 nitrogen and oxygen atoms in total. The van der Waals surface area contributed by atoms with E-state index in [1.54, 1.807) is 11.8 Å². The van der Waals surface area contributed by atoms with Crippen LogP contribution in [0.15, 0.2) is 0 Å². The van der Waals surface area contributed by atoms with Gasteiger partial charge in [-0.25, -0.2) is 0 Å². The Hall–Kier alpha value is -1.59. The molecule has 1 atom stereocenters. The zero-order valence-electron chi connectivity index (χ0n) is 10.9. The highest BCUT2D eigenvalue weighted by Crippen LogP contribution is 2.09. The van der Waals surface area contributed by atoms with E-state index in [1.807, 2.05) is 0 Å². The highest BCUT2D eigenvalue weighted by atomic mass is 16.5. The second kappa shape index (κ2) is 6.98. The molecule has 1 heterocycles. The smallest absolute Gasteiger partial charge is 0.306 e. The van der Waals surface area contributed by atoms with Gasteiger partial charge < -0.3 is 15.0 Å². The van der Waals surface area contributed by atoms with E-state index in [0.29, 0.717) is 19.7 Å². The summed E-state index contributed by atoms with van der Waals surface area (Å²) in [6, 6.07) is 0.00333. The van der Waals surface area contributed by atoms with E-state index in [0.717, 1.165) is 6.42 Å². The van der Waals surface area contributed by atoms with Crippen molar-refractivity contribution < 1.29 is 19.1 Å². The number of carbonyl (C=O) groups excluding carboxylic acids is 3. The number of nitrogens with one attached hydrogen (secondary N) is 1. The van der Waals surface area contributed by atoms with Crippen molar-refractivity contribution in [2.75, 3.05) is 19.7 Å². The normalized spacial score (nSPS) is 18.6. The molecular formula is C12H20N2O4. The number of hydrogen-bond acceptors (Lipinski definition) is 4. The summed E-state index contributed by atoms with van der Waals surface area (Å²) in [6.07, 6.45) is 1.00. The van der Waals surface area contributed by atoms with Gasteiger partial charge in [-0.1, -0.05) is 0 Å². The maximum atomic E-state index is 11.6. The summed E-state index contributed by atoms with van der Waals surface area (Å²) in [5, 5.41) is 2.82. The van der Waals surface area contributed by atoms with Gasteiger partial charge in [-0.15, -0.1) is 0 Å². The molecule has 0 saturated carbocycles. The van der Waals surface area contributed by atoms with E-state index in [9.17, 15) is 14.4 Å². The van der Waals surface area contributed by atoms with Gasteiger partial charge in [-0.3, -0.25) is 14.4 Å². The van der Waals surface area contributed by atoms with Crippen LogP contribution in [0.2, 0.25) is 0 Å². The lowest BCUT2D eigenvalue weighted by molar-refractivity contribution is -0.144. The van der Waals surface area contributed by atoms with E-state index in [4.69, 9.17) is 4.74 Å². The van der Waals surface area contributed by atoms with Crippen LogP contribution in [0, 0.1) is 0 Å². The topological polar surface area (TPSA) is 75.7 Å². The highest BCUT2D eigenvalue weighted by Gasteiger charge is 2.25. The largest absolute Gasteiger partial charge is 0.466 e. The minimum atomic E-state index is -0.357. The third kappa shape index (κ3) is 4.73. The SMILES string of the molecule is CCOC(=O)CCC(=O)NC1CCN(C(C)=O)C1. The average molecular weight is 256 g/mol. The number of ether oxygens (including phenoxy) is 1. The first-order valence-corrected chi connectivity index (χ1v) is 6.23. The fourth-order valence-corrected chi connectivity index (χ4v) is 1.91. The number of rotatable bonds is 5. The molecule has 0 aromatic heterocycles. The van der Waals surface area contributed by atoms with E-state index in [-0.39, 0.29) is 36.7 Å². The number of carbonyl (C=O) groups is 3. The van der Waals surface area contributed by atoms with Crippen LogP contribution < -0.4 is 5.32 Å². The van der Waals surface area contributed by atoms with Crippen molar-refractivity contribution in [3.63, 3.8) is 0 Å². The Balaban J connectivity index is 2.21. The maximum Gasteiger partial charge on any atom is 0.306 e. The number of nitrogens with zero attached hydrogens (tertiary/aromatic N) is 1. The van der Waals surface area contributed by atoms with Gasteiger partial charge in [-0.05, 0) is 13.3 Å². The van der Waals surface area contributed by atoms with Gasteiger partial charge in [0.25, 0.3) is 0 Å². The number of hydrogen-bond donors (Lipinski definition) is 1. The Morgan fingerprint density at radius 1 is 1.33 bits per heavy atom. The zero-order valence-corrected chi connectivity index (χ0v) is 10.9. The van der Waals surface area contributed by atoms with Crippen molar-refractivity contribution in [1.82, 2.24) is 10.2 Å². The lowest BCUT2D eigenvalue weighted by atomic mass is 10.2. The molecule has 0 aromatic rings. The summed E-state index contributed by atoms with van der Waals surface area (Å²) in [4.78, 5) is 35.5. The molecule has 2 amide bonds. The molecule has 1 saturated heterocycles. The molecule has 1 N–H and O–H groups in total. The maximum absolute atomic E-state index is 11.6. The summed E-state index contributed by atoms with van der Waals surface area (Å²) >= 11 is 0. The molecule has 0 spiro atoms. The lowest BCUT2D eigenvalue weighted by Gasteiger charge is -2.14. The van der Waals surface area contributed by atoms with Gasteiger partial charge in [0.2, 0.25) is 11.8 Å². The first-order chi connectivity index (χ1) is 8.52. The van der Waals surface area contributed by atoms with Gasteiger partial charge in [0.05, 0.1) is 13.0 Å². The first kappa shape index (κ1) is 14.5. The molecule has 0 bridgehead atoms. The molecule has 0 aliphatic carbocycles. The van der Waals surface area contributed by atoms with E-state index in [2.05, 4.69) is 5.32 Å². The molecule has 1 fully saturated rings. The Kier molecular flexibility index (Phi) is 5.61. The van der Waals surface area contributed by atoms with Crippen LogP contribution in [0.5, 0.6) is 0 Å². The Bertz CT molecular complexity index is 330. The summed E-state index contributed by atoms with van der Waals surface area (Å²) in [5.41, 5.74) is 0. The van der Waals surface area contributed by atoms with Crippen molar-refractivity contribution in [1.29, 1.82) is 0 Å². The van der Waals surface area contributed by atoms with Crippen LogP contribution in [-0.4, -0.2) is 48.4 Å². The highest BCUT2D eigenvalue weighted by molar-refractivity contribution is 5.81. The van der Waals surface area contributed by atoms with Crippen LogP contribution in [0.4, 0.5) is 0 Å². The number of amides is 2. The lowest BCUT2D eigenvalue weighted by Crippen LogP contribution is -2.38. The second-order valence-electron chi connectivity index (χ2n) is 4.32. The molecular weight excluding hydrogens is 236 g/mol. The van der Waals surface area contributed by atoms with E-state index >= 15 is 0 Å². The third-order valence-electron chi connectivity index (χ3n) is 2.86. The van der Waals surface area contributed by atoms with Gasteiger partial charge in [0.15, 0.2) is 0 Å². The molecule has 1 rings (SSSR count). The van der Waals surface area contributed by atoms with Crippen LogP contribution in [-0.2, 0) is 19.1 Å². The summed E-state index contributed by atoms with van der Waals surface area (Å²) in [5.74, 6) is -0.499. The predicted octanol–water partition coefficient (Wildman–Crippen LogP) is 0.0667. The Morgan fingerprint density at radius 3 is 2.61 bits per heavy atom. The van der Waals surface area contributed by atoms with Crippen molar-refractivity contribution in [3.05, 3.63) is 0 Å². The van der Waals surface area contributed by atoms with Crippen molar-refractivity contribution in [2.24, 2.45) is 0 Å². The van der Waals surface area contributed by atoms with Crippen molar-refractivity contribution in [2.45, 2.75) is 39.2 Å². The first-order valence-electron chi connectivity index (χ1n) is 6.23. The van der Waals surface area contributed by atoms with E-state index in [1.165, 1.54) is 6.92 Å². The number of esters is 1. The fourth-order valence-electron chi connectivity index (χ4n) is 1.91. The molecule has 0 aromatic carbocycles. The summed E-state index contributed by atoms with van der Waals surface area (Å²) in [6.45, 7) is 4.81. The van der Waals surface area contributed by atoms with Gasteiger partial charge in [-0.2, -0.15) is 0 Å². The Labute approximate surface area is 107 Å². The number of likely N-dealkylation sites (tertiary alicyclic amines) is 1. The van der Waals surface area contributed by atoms with Crippen LogP contribution in [0.3, 0.4) is 0 Å². The molecule has 1 unspecified atom stereocenters. The van der Waals surface area contributed by atoms with Crippen molar-refractivity contribution >= 4 is 17.8 Å². The minimum absolute atomic E-state index is 0.00333. The van der Waals surface area contributed by atoms with Crippen molar-refractivity contribution in [3.8, 4) is 0 Å². The molecule has 102 valence electrons. The summed E-state index contributed by atoms with van der Waals surface area (Å²) in [7, 11) is 0. The van der Waals surface area contributed by atoms with E-state index < -0.39 is 0 Å². The Morgan fingerprint density at radius 2 is 2.06 bits per heavy atom. The molecule has 1 aliphatic rings. The monoisotopic (exact) mass is 256 g/mol. The second-order valence-corrected chi connectivity index (χ2v) is 4.32. The van der Waals surface area contributed by atoms with Gasteiger partial charge >= 0.3 is 5.97 Å². The predicted molar refractivity (Wildman–Crippen MR) is 64.7 cm³/mol. The fraction of sp³-hybridized carbons (Fsp3) is 0.750. The van der Waals surface area contributed by atoms with Crippen LogP contribution in [0.25, 0.3) is 0 Å². The standard InChI is InChI=1S/C12H20N2O4/c1-3-18-12(17)5-4-11(16)13-10-6-7-14(8-10)9(2)15/h10H,3-8H2,1-2H3,(H,13,16). The molecule has 1 aliphatic heterocycles. The third-order valence-corrected chi connectivity index (χ3v) is 2.86. The average Bonchev–Trinajstić information content (AvgIpc) is 2.75. The van der Waals surface area contributed by atoms with Crippen LogP contribution >= 0.6 is 0 Å². The quantitative estimate of drug-likeness (QED) is 0.706. The van der Waals surface area contributed by atoms with Gasteiger partial charge in [0.1, 0.15) is 0 Å². The van der Waals surface area contributed by atoms with Crippen LogP contribution in [0.1, 0.15) is 33.1 Å². The van der Waals surface area contributed by atoms with Gasteiger partial charge in [0, 0.05) is 32.5 Å². The summed E-state index contributed by atoms with van der Waals surface area (Å²) < 4.78 is 4.74. The molecule has 6 heteroatoms. The zero-order chi connectivity index (χ0) is 13.5. The minimum Gasteiger partial charge on any atom is -0.466 e.